The van der Waals surface area contributed by atoms with Gasteiger partial charge < -0.3 is 9.80 Å². The van der Waals surface area contributed by atoms with Gasteiger partial charge in [-0.25, -0.2) is 19.6 Å². The second kappa shape index (κ2) is 7.14. The molecule has 0 unspecified atom stereocenters. The van der Waals surface area contributed by atoms with Gasteiger partial charge in [0.15, 0.2) is 5.82 Å². The number of nitrogens with zero attached hydrogens (tertiary/aromatic N) is 7. The van der Waals surface area contributed by atoms with Crippen molar-refractivity contribution in [3.63, 3.8) is 0 Å². The van der Waals surface area contributed by atoms with Crippen LogP contribution in [0.3, 0.4) is 0 Å². The molecule has 1 aliphatic heterocycles. The molecule has 0 aliphatic carbocycles. The summed E-state index contributed by atoms with van der Waals surface area (Å²) in [5.74, 6) is 1.59. The molecule has 138 valence electrons. The Balaban J connectivity index is 1.44. The second-order valence-electron chi connectivity index (χ2n) is 6.65. The normalized spacial score (nSPS) is 14.4. The van der Waals surface area contributed by atoms with E-state index in [2.05, 4.69) is 31.9 Å². The minimum Gasteiger partial charge on any atom is -0.353 e. The van der Waals surface area contributed by atoms with Gasteiger partial charge in [0.25, 0.3) is 5.91 Å². The fourth-order valence-electron chi connectivity index (χ4n) is 3.16. The van der Waals surface area contributed by atoms with Gasteiger partial charge in [-0.1, -0.05) is 6.07 Å². The van der Waals surface area contributed by atoms with Gasteiger partial charge in [0.1, 0.15) is 24.8 Å². The van der Waals surface area contributed by atoms with Gasteiger partial charge in [-0.15, -0.1) is 0 Å². The van der Waals surface area contributed by atoms with E-state index in [9.17, 15) is 4.79 Å². The number of carbonyl (C=O) groups is 1. The first-order chi connectivity index (χ1) is 13.1. The largest absolute Gasteiger partial charge is 0.353 e. The van der Waals surface area contributed by atoms with Crippen LogP contribution in [0.4, 0.5) is 5.82 Å². The van der Waals surface area contributed by atoms with Crippen LogP contribution in [0.25, 0.3) is 5.82 Å². The van der Waals surface area contributed by atoms with E-state index in [0.29, 0.717) is 18.9 Å². The Morgan fingerprint density at radius 2 is 1.70 bits per heavy atom. The Labute approximate surface area is 157 Å². The number of hydrogen-bond acceptors (Lipinski definition) is 6. The van der Waals surface area contributed by atoms with Crippen LogP contribution in [-0.4, -0.2) is 61.7 Å². The van der Waals surface area contributed by atoms with Crippen molar-refractivity contribution in [2.75, 3.05) is 31.1 Å². The molecule has 3 heterocycles. The van der Waals surface area contributed by atoms with Gasteiger partial charge in [0.05, 0.1) is 0 Å². The zero-order chi connectivity index (χ0) is 18.8. The van der Waals surface area contributed by atoms with E-state index < -0.39 is 0 Å². The molecule has 0 saturated carbocycles. The first-order valence-corrected chi connectivity index (χ1v) is 8.90. The molecule has 0 spiro atoms. The second-order valence-corrected chi connectivity index (χ2v) is 6.65. The fourth-order valence-corrected chi connectivity index (χ4v) is 3.16. The van der Waals surface area contributed by atoms with Crippen LogP contribution in [0.2, 0.25) is 0 Å². The highest BCUT2D eigenvalue weighted by molar-refractivity contribution is 5.94. The summed E-state index contributed by atoms with van der Waals surface area (Å²) in [7, 11) is 0. The predicted molar refractivity (Wildman–Crippen MR) is 101 cm³/mol. The summed E-state index contributed by atoms with van der Waals surface area (Å²) in [5, 5.41) is 4.10. The first kappa shape index (κ1) is 17.1. The maximum Gasteiger partial charge on any atom is 0.253 e. The molecule has 8 nitrogen and oxygen atoms in total. The quantitative estimate of drug-likeness (QED) is 0.704. The summed E-state index contributed by atoms with van der Waals surface area (Å²) in [6.07, 6.45) is 4.60. The average molecular weight is 363 g/mol. The van der Waals surface area contributed by atoms with Crippen molar-refractivity contribution < 1.29 is 4.79 Å². The van der Waals surface area contributed by atoms with Crippen molar-refractivity contribution in [1.29, 1.82) is 0 Å². The summed E-state index contributed by atoms with van der Waals surface area (Å²) < 4.78 is 1.60. The molecule has 27 heavy (non-hydrogen) atoms. The zero-order valence-corrected chi connectivity index (χ0v) is 15.4. The third-order valence-electron chi connectivity index (χ3n) is 4.94. The van der Waals surface area contributed by atoms with Crippen molar-refractivity contribution in [1.82, 2.24) is 29.6 Å². The maximum atomic E-state index is 12.8. The standard InChI is InChI=1S/C19H21N7O/c1-14-3-4-16(9-15(14)2)19(27)25-7-5-24(6-8-25)17-10-18(22-12-21-17)26-13-20-11-23-26/h3-4,9-13H,5-8H2,1-2H3. The molecule has 1 fully saturated rings. The molecule has 0 bridgehead atoms. The molecule has 1 amide bonds. The van der Waals surface area contributed by atoms with E-state index >= 15 is 0 Å². The average Bonchev–Trinajstić information content (AvgIpc) is 3.25. The number of piperazine rings is 1. The number of aryl methyl sites for hydroxylation is 2. The number of amides is 1. The maximum absolute atomic E-state index is 12.8. The lowest BCUT2D eigenvalue weighted by molar-refractivity contribution is 0.0746. The van der Waals surface area contributed by atoms with Crippen LogP contribution in [0.1, 0.15) is 21.5 Å². The number of benzene rings is 1. The van der Waals surface area contributed by atoms with Crippen molar-refractivity contribution in [2.24, 2.45) is 0 Å². The minimum atomic E-state index is 0.0868. The Kier molecular flexibility index (Phi) is 4.53. The molecule has 1 saturated heterocycles. The highest BCUT2D eigenvalue weighted by Crippen LogP contribution is 2.18. The van der Waals surface area contributed by atoms with Crippen LogP contribution in [0.5, 0.6) is 0 Å². The van der Waals surface area contributed by atoms with E-state index in [1.807, 2.05) is 36.1 Å². The molecule has 0 N–H and O–H groups in total. The van der Waals surface area contributed by atoms with Crippen molar-refractivity contribution in [3.8, 4) is 5.82 Å². The van der Waals surface area contributed by atoms with Gasteiger partial charge in [-0.3, -0.25) is 4.79 Å². The third kappa shape index (κ3) is 3.51. The van der Waals surface area contributed by atoms with Crippen LogP contribution in [-0.2, 0) is 0 Å². The van der Waals surface area contributed by atoms with Crippen molar-refractivity contribution >= 4 is 11.7 Å². The van der Waals surface area contributed by atoms with Gasteiger partial charge in [0, 0.05) is 37.8 Å². The summed E-state index contributed by atoms with van der Waals surface area (Å²) >= 11 is 0. The Morgan fingerprint density at radius 1 is 0.926 bits per heavy atom. The van der Waals surface area contributed by atoms with Crippen LogP contribution >= 0.6 is 0 Å². The fraction of sp³-hybridized carbons (Fsp3) is 0.316. The number of carbonyl (C=O) groups excluding carboxylic acids is 1. The van der Waals surface area contributed by atoms with Gasteiger partial charge in [-0.05, 0) is 37.1 Å². The summed E-state index contributed by atoms with van der Waals surface area (Å²) in [5.41, 5.74) is 3.09. The highest BCUT2D eigenvalue weighted by Gasteiger charge is 2.23. The van der Waals surface area contributed by atoms with E-state index in [4.69, 9.17) is 0 Å². The smallest absolute Gasteiger partial charge is 0.253 e. The Morgan fingerprint density at radius 3 is 2.41 bits per heavy atom. The number of rotatable bonds is 3. The van der Waals surface area contributed by atoms with Gasteiger partial charge >= 0.3 is 0 Å². The summed E-state index contributed by atoms with van der Waals surface area (Å²) in [6.45, 7) is 6.86. The molecule has 1 aliphatic rings. The third-order valence-corrected chi connectivity index (χ3v) is 4.94. The monoisotopic (exact) mass is 363 g/mol. The van der Waals surface area contributed by atoms with Crippen LogP contribution < -0.4 is 4.90 Å². The first-order valence-electron chi connectivity index (χ1n) is 8.90. The van der Waals surface area contributed by atoms with Crippen LogP contribution in [0.15, 0.2) is 43.2 Å². The predicted octanol–water partition coefficient (Wildman–Crippen LogP) is 1.64. The molecule has 0 radical (unpaired) electrons. The number of anilines is 1. The molecule has 4 rings (SSSR count). The lowest BCUT2D eigenvalue weighted by Crippen LogP contribution is -2.49. The highest BCUT2D eigenvalue weighted by atomic mass is 16.2. The van der Waals surface area contributed by atoms with E-state index in [0.717, 1.165) is 30.0 Å². The molecule has 3 aromatic rings. The van der Waals surface area contributed by atoms with Crippen molar-refractivity contribution in [2.45, 2.75) is 13.8 Å². The van der Waals surface area contributed by atoms with E-state index in [1.54, 1.807) is 11.0 Å². The van der Waals surface area contributed by atoms with Gasteiger partial charge in [0.2, 0.25) is 0 Å². The zero-order valence-electron chi connectivity index (χ0n) is 15.4. The topological polar surface area (TPSA) is 80.0 Å². The van der Waals surface area contributed by atoms with E-state index in [-0.39, 0.29) is 5.91 Å². The Bertz CT molecular complexity index is 946. The number of hydrogen-bond donors (Lipinski definition) is 0. The molecule has 0 atom stereocenters. The molecular weight excluding hydrogens is 342 g/mol. The molecule has 2 aromatic heterocycles. The van der Waals surface area contributed by atoms with E-state index in [1.165, 1.54) is 18.2 Å². The molecular formula is C19H21N7O. The lowest BCUT2D eigenvalue weighted by Gasteiger charge is -2.35. The number of aromatic nitrogens is 5. The molecule has 8 heteroatoms. The minimum absolute atomic E-state index is 0.0868. The lowest BCUT2D eigenvalue weighted by atomic mass is 10.1. The summed E-state index contributed by atoms with van der Waals surface area (Å²) in [4.78, 5) is 29.4. The Hall–Kier alpha value is -3.29. The molecule has 1 aromatic carbocycles. The van der Waals surface area contributed by atoms with Crippen molar-refractivity contribution in [3.05, 3.63) is 59.9 Å². The van der Waals surface area contributed by atoms with Gasteiger partial charge in [-0.2, -0.15) is 5.10 Å². The van der Waals surface area contributed by atoms with Crippen LogP contribution in [0, 0.1) is 13.8 Å². The summed E-state index contributed by atoms with van der Waals surface area (Å²) in [6, 6.07) is 7.77. The SMILES string of the molecule is Cc1ccc(C(=O)N2CCN(c3cc(-n4cncn4)ncn3)CC2)cc1C.